The molecule has 6 saturated carbocycles. The van der Waals surface area contributed by atoms with Crippen LogP contribution in [0.2, 0.25) is 0 Å². The van der Waals surface area contributed by atoms with E-state index in [-0.39, 0.29) is 66.5 Å². The van der Waals surface area contributed by atoms with Crippen LogP contribution < -0.4 is 0 Å². The summed E-state index contributed by atoms with van der Waals surface area (Å²) in [5, 5.41) is 0.202. The number of hydrogen-bond acceptors (Lipinski definition) is 8. The predicted octanol–water partition coefficient (Wildman–Crippen LogP) is 8.17. The third kappa shape index (κ3) is 5.46. The van der Waals surface area contributed by atoms with Gasteiger partial charge in [0.2, 0.25) is 0 Å². The first-order chi connectivity index (χ1) is 27.5. The lowest BCUT2D eigenvalue weighted by molar-refractivity contribution is -0.157. The zero-order chi connectivity index (χ0) is 41.2. The maximum Gasteiger partial charge on any atom is 0.312 e. The highest BCUT2D eigenvalue weighted by Gasteiger charge is 2.71. The second kappa shape index (κ2) is 14.2. The van der Waals surface area contributed by atoms with Crippen LogP contribution in [0.4, 0.5) is 0 Å². The SMILES string of the molecule is CCS(=O)C1CC2=CC(=O)C=CC2(C)[C@H]2CCC3(C)C(CC[C@]34CCOC4=O)C12.CCS(=O)C1CC2=CC(=O)CCC2(C)[C@H]2CCC3(C)C(CC[C@]34CCOC4=O)C12. The number of ether oxygens (including phenoxy) is 2. The van der Waals surface area contributed by atoms with Gasteiger partial charge < -0.3 is 9.47 Å². The Morgan fingerprint density at radius 1 is 0.621 bits per heavy atom. The molecule has 2 spiro atoms. The van der Waals surface area contributed by atoms with E-state index < -0.39 is 21.6 Å². The highest BCUT2D eigenvalue weighted by atomic mass is 32.2. The smallest absolute Gasteiger partial charge is 0.312 e. The Hall–Kier alpha value is -2.20. The summed E-state index contributed by atoms with van der Waals surface area (Å²) in [7, 11) is -1.81. The molecule has 0 aromatic heterocycles. The minimum absolute atomic E-state index is 0.0138. The van der Waals surface area contributed by atoms with Gasteiger partial charge in [-0.1, -0.05) is 58.8 Å². The first-order valence-electron chi connectivity index (χ1n) is 22.8. The van der Waals surface area contributed by atoms with Gasteiger partial charge in [-0.3, -0.25) is 27.6 Å². The van der Waals surface area contributed by atoms with Crippen molar-refractivity contribution in [1.82, 2.24) is 0 Å². The number of fused-ring (bicyclic) bond motifs is 12. The molecule has 10 aliphatic rings. The highest BCUT2D eigenvalue weighted by molar-refractivity contribution is 7.85. The molecule has 2 saturated heterocycles. The van der Waals surface area contributed by atoms with Crippen LogP contribution in [0.15, 0.2) is 35.5 Å². The first kappa shape index (κ1) is 41.2. The Balaban J connectivity index is 0.000000150. The molecule has 8 aliphatic carbocycles. The van der Waals surface area contributed by atoms with Crippen molar-refractivity contribution in [2.75, 3.05) is 24.7 Å². The normalized spacial score (nSPS) is 49.6. The van der Waals surface area contributed by atoms with Crippen LogP contribution in [0.1, 0.15) is 131 Å². The van der Waals surface area contributed by atoms with Gasteiger partial charge in [0.15, 0.2) is 11.6 Å². The van der Waals surface area contributed by atoms with Gasteiger partial charge >= 0.3 is 11.9 Å². The molecule has 0 radical (unpaired) electrons. The van der Waals surface area contributed by atoms with E-state index in [1.165, 1.54) is 11.1 Å². The van der Waals surface area contributed by atoms with Gasteiger partial charge in [0.1, 0.15) is 0 Å². The maximum atomic E-state index is 13.3. The Morgan fingerprint density at radius 3 is 1.64 bits per heavy atom. The fourth-order valence-corrected chi connectivity index (χ4v) is 19.5. The summed E-state index contributed by atoms with van der Waals surface area (Å²) < 4.78 is 37.5. The summed E-state index contributed by atoms with van der Waals surface area (Å²) in [5.74, 6) is 4.08. The lowest BCUT2D eigenvalue weighted by Gasteiger charge is -2.61. The zero-order valence-corrected chi connectivity index (χ0v) is 37.4. The van der Waals surface area contributed by atoms with Crippen molar-refractivity contribution in [2.45, 2.75) is 142 Å². The van der Waals surface area contributed by atoms with E-state index in [0.717, 1.165) is 83.5 Å². The molecule has 0 aromatic rings. The monoisotopic (exact) mass is 834 g/mol. The Kier molecular flexibility index (Phi) is 10.1. The lowest BCUT2D eigenvalue weighted by Crippen LogP contribution is -2.58. The molecule has 12 unspecified atom stereocenters. The molecule has 0 amide bonds. The molecule has 16 atom stereocenters. The molecule has 10 rings (SSSR count). The zero-order valence-electron chi connectivity index (χ0n) is 35.7. The van der Waals surface area contributed by atoms with Crippen molar-refractivity contribution < 1.29 is 37.1 Å². The Bertz CT molecular complexity index is 1930. The van der Waals surface area contributed by atoms with Crippen LogP contribution in [0.3, 0.4) is 0 Å². The maximum absolute atomic E-state index is 13.3. The lowest BCUT2D eigenvalue weighted by atomic mass is 9.45. The largest absolute Gasteiger partial charge is 0.465 e. The van der Waals surface area contributed by atoms with Crippen molar-refractivity contribution in [1.29, 1.82) is 0 Å². The summed E-state index contributed by atoms with van der Waals surface area (Å²) in [5.41, 5.74) is 1.61. The Morgan fingerprint density at radius 2 is 1.12 bits per heavy atom. The van der Waals surface area contributed by atoms with Crippen molar-refractivity contribution in [2.24, 2.45) is 68.0 Å². The minimum Gasteiger partial charge on any atom is -0.465 e. The third-order valence-electron chi connectivity index (χ3n) is 19.8. The van der Waals surface area contributed by atoms with E-state index in [9.17, 15) is 27.6 Å². The fraction of sp³-hybridized carbons (Fsp3) is 0.792. The molecule has 8 nitrogen and oxygen atoms in total. The molecule has 8 fully saturated rings. The van der Waals surface area contributed by atoms with Crippen LogP contribution in [-0.2, 0) is 50.3 Å². The number of allylic oxidation sites excluding steroid dienone is 5. The summed E-state index contributed by atoms with van der Waals surface area (Å²) >= 11 is 0. The topological polar surface area (TPSA) is 121 Å². The number of carbonyl (C=O) groups is 4. The molecule has 10 heteroatoms. The van der Waals surface area contributed by atoms with Crippen molar-refractivity contribution in [3.63, 3.8) is 0 Å². The predicted molar refractivity (Wildman–Crippen MR) is 225 cm³/mol. The number of ketones is 2. The van der Waals surface area contributed by atoms with Crippen molar-refractivity contribution >= 4 is 45.1 Å². The van der Waals surface area contributed by atoms with Crippen molar-refractivity contribution in [3.05, 3.63) is 35.5 Å². The van der Waals surface area contributed by atoms with Gasteiger partial charge in [0.05, 0.1) is 24.0 Å². The quantitative estimate of drug-likeness (QED) is 0.260. The van der Waals surface area contributed by atoms with Gasteiger partial charge in [-0.25, -0.2) is 0 Å². The second-order valence-electron chi connectivity index (χ2n) is 21.1. The summed E-state index contributed by atoms with van der Waals surface area (Å²) in [6, 6.07) is 0. The van der Waals surface area contributed by atoms with Gasteiger partial charge in [0.25, 0.3) is 0 Å². The van der Waals surface area contributed by atoms with Crippen LogP contribution in [0.5, 0.6) is 0 Å². The minimum atomic E-state index is -0.918. The average Bonchev–Trinajstić information content (AvgIpc) is 3.95. The van der Waals surface area contributed by atoms with Gasteiger partial charge in [0, 0.05) is 55.4 Å². The molecule has 2 heterocycles. The van der Waals surface area contributed by atoms with Crippen LogP contribution >= 0.6 is 0 Å². The van der Waals surface area contributed by atoms with E-state index in [0.29, 0.717) is 66.6 Å². The highest BCUT2D eigenvalue weighted by Crippen LogP contribution is 2.73. The number of esters is 2. The summed E-state index contributed by atoms with van der Waals surface area (Å²) in [6.45, 7) is 14.5. The molecule has 318 valence electrons. The number of carbonyl (C=O) groups excluding carboxylic acids is 4. The second-order valence-corrected chi connectivity index (χ2v) is 25.0. The molecule has 0 aromatic carbocycles. The molecule has 58 heavy (non-hydrogen) atoms. The standard InChI is InChI=1S/C24H34O4S.C24H32O4S/c2*1-4-29(27)19-14-15-13-16(25)5-8-22(15,2)17-6-9-23(3)18(20(17)19)7-10-24(23)11-12-28-21(24)26/h13,17-20H,4-12,14H2,1-3H3;5,8,13,17-20H,4,6-7,9-12,14H2,1-3H3/t2*17-,18?,19?,20?,22?,23?,24+,29?/m00/s1. The van der Waals surface area contributed by atoms with Crippen LogP contribution in [0, 0.1) is 68.0 Å². The summed E-state index contributed by atoms with van der Waals surface area (Å²) in [4.78, 5) is 50.1. The molecule has 0 bridgehead atoms. The third-order valence-corrected chi connectivity index (χ3v) is 23.2. The summed E-state index contributed by atoms with van der Waals surface area (Å²) in [6.07, 6.45) is 20.5. The first-order valence-corrected chi connectivity index (χ1v) is 25.6. The molecule has 0 N–H and O–H groups in total. The molecule has 2 aliphatic heterocycles. The van der Waals surface area contributed by atoms with Crippen LogP contribution in [-0.4, -0.2) is 67.1 Å². The van der Waals surface area contributed by atoms with Gasteiger partial charge in [-0.05, 0) is 153 Å². The average molecular weight is 835 g/mol. The van der Waals surface area contributed by atoms with E-state index in [4.69, 9.17) is 9.47 Å². The van der Waals surface area contributed by atoms with Gasteiger partial charge in [-0.2, -0.15) is 0 Å². The number of rotatable bonds is 4. The van der Waals surface area contributed by atoms with E-state index in [2.05, 4.69) is 33.8 Å². The fourth-order valence-electron chi connectivity index (χ4n) is 16.5. The van der Waals surface area contributed by atoms with Crippen molar-refractivity contribution in [3.8, 4) is 0 Å². The van der Waals surface area contributed by atoms with Crippen LogP contribution in [0.25, 0.3) is 0 Å². The molecular weight excluding hydrogens is 769 g/mol. The van der Waals surface area contributed by atoms with E-state index in [1.54, 1.807) is 6.08 Å². The Labute approximate surface area is 350 Å². The number of hydrogen-bond donors (Lipinski definition) is 0. The van der Waals surface area contributed by atoms with E-state index >= 15 is 0 Å². The van der Waals surface area contributed by atoms with Gasteiger partial charge in [-0.15, -0.1) is 0 Å². The molecular formula is C48H66O8S2. The number of cyclic esters (lactones) is 2. The van der Waals surface area contributed by atoms with E-state index in [1.807, 2.05) is 26.0 Å².